The molecular formula is C13H25N3O. The summed E-state index contributed by atoms with van der Waals surface area (Å²) in [7, 11) is 1.94. The summed E-state index contributed by atoms with van der Waals surface area (Å²) in [5.41, 5.74) is 2.44. The molecule has 0 aliphatic carbocycles. The molecule has 0 saturated carbocycles. The van der Waals surface area contributed by atoms with E-state index in [1.165, 1.54) is 5.56 Å². The second-order valence-electron chi connectivity index (χ2n) is 5.58. The third-order valence-electron chi connectivity index (χ3n) is 3.19. The Balaban J connectivity index is 2.55. The number of nitrogens with zero attached hydrogens (tertiary/aromatic N) is 2. The molecule has 1 heterocycles. The molecule has 1 aromatic heterocycles. The van der Waals surface area contributed by atoms with Gasteiger partial charge in [0.05, 0.1) is 5.69 Å². The summed E-state index contributed by atoms with van der Waals surface area (Å²) in [5.74, 6) is 0. The molecule has 17 heavy (non-hydrogen) atoms. The van der Waals surface area contributed by atoms with Crippen LogP contribution in [-0.2, 0) is 7.05 Å². The Kier molecular flexibility index (Phi) is 4.71. The molecule has 0 aromatic carbocycles. The van der Waals surface area contributed by atoms with E-state index < -0.39 is 0 Å². The van der Waals surface area contributed by atoms with Crippen LogP contribution in [0.15, 0.2) is 6.20 Å². The van der Waals surface area contributed by atoms with Crippen LogP contribution in [0.2, 0.25) is 0 Å². The Bertz CT molecular complexity index is 358. The lowest BCUT2D eigenvalue weighted by atomic mass is 9.89. The maximum Gasteiger partial charge on any atom is 0.0641 e. The van der Waals surface area contributed by atoms with Crippen molar-refractivity contribution in [3.63, 3.8) is 0 Å². The Morgan fingerprint density at radius 1 is 1.53 bits per heavy atom. The van der Waals surface area contributed by atoms with E-state index >= 15 is 0 Å². The van der Waals surface area contributed by atoms with Crippen LogP contribution in [-0.4, -0.2) is 28.0 Å². The highest BCUT2D eigenvalue weighted by Crippen LogP contribution is 2.21. The molecule has 0 fully saturated rings. The third kappa shape index (κ3) is 4.13. The molecule has 0 bridgehead atoms. The SMILES string of the molecule is Cc1nn(C)cc1C(C)NCC(C)(C)CCO. The first-order valence-corrected chi connectivity index (χ1v) is 6.20. The molecule has 0 aliphatic heterocycles. The van der Waals surface area contributed by atoms with Crippen molar-refractivity contribution in [3.8, 4) is 0 Å². The molecule has 0 aliphatic rings. The van der Waals surface area contributed by atoms with Gasteiger partial charge in [-0.3, -0.25) is 4.68 Å². The molecule has 0 saturated heterocycles. The van der Waals surface area contributed by atoms with E-state index in [0.29, 0.717) is 6.04 Å². The van der Waals surface area contributed by atoms with Crippen LogP contribution in [0.4, 0.5) is 0 Å². The van der Waals surface area contributed by atoms with E-state index in [1.807, 2.05) is 18.7 Å². The predicted octanol–water partition coefficient (Wildman–Crippen LogP) is 1.79. The monoisotopic (exact) mass is 239 g/mol. The lowest BCUT2D eigenvalue weighted by Crippen LogP contribution is -2.32. The summed E-state index contributed by atoms with van der Waals surface area (Å²) in [6.45, 7) is 9.65. The zero-order valence-electron chi connectivity index (χ0n) is 11.6. The Morgan fingerprint density at radius 2 is 2.18 bits per heavy atom. The lowest BCUT2D eigenvalue weighted by Gasteiger charge is -2.26. The number of rotatable bonds is 6. The van der Waals surface area contributed by atoms with Gasteiger partial charge in [0.1, 0.15) is 0 Å². The first-order valence-electron chi connectivity index (χ1n) is 6.20. The quantitative estimate of drug-likeness (QED) is 0.795. The summed E-state index contributed by atoms with van der Waals surface area (Å²) < 4.78 is 1.85. The summed E-state index contributed by atoms with van der Waals surface area (Å²) in [4.78, 5) is 0. The molecule has 1 rings (SSSR count). The maximum atomic E-state index is 8.99. The Labute approximate surface area is 104 Å². The van der Waals surface area contributed by atoms with Gasteiger partial charge in [-0.25, -0.2) is 0 Å². The third-order valence-corrected chi connectivity index (χ3v) is 3.19. The van der Waals surface area contributed by atoms with Crippen LogP contribution in [0.25, 0.3) is 0 Å². The van der Waals surface area contributed by atoms with Crippen molar-refractivity contribution < 1.29 is 5.11 Å². The van der Waals surface area contributed by atoms with Crippen LogP contribution in [0.5, 0.6) is 0 Å². The number of aliphatic hydroxyl groups excluding tert-OH is 1. The zero-order valence-corrected chi connectivity index (χ0v) is 11.6. The molecule has 2 N–H and O–H groups in total. The molecule has 4 nitrogen and oxygen atoms in total. The Hall–Kier alpha value is -0.870. The summed E-state index contributed by atoms with van der Waals surface area (Å²) in [6, 6.07) is 0.293. The van der Waals surface area contributed by atoms with Crippen molar-refractivity contribution in [2.75, 3.05) is 13.2 Å². The van der Waals surface area contributed by atoms with Crippen molar-refractivity contribution in [1.29, 1.82) is 0 Å². The average molecular weight is 239 g/mol. The normalized spacial score (nSPS) is 14.0. The zero-order chi connectivity index (χ0) is 13.1. The molecule has 4 heteroatoms. The second kappa shape index (κ2) is 5.65. The molecule has 0 radical (unpaired) electrons. The van der Waals surface area contributed by atoms with Crippen LogP contribution in [0, 0.1) is 12.3 Å². The van der Waals surface area contributed by atoms with Gasteiger partial charge in [-0.05, 0) is 25.7 Å². The molecule has 98 valence electrons. The molecule has 0 spiro atoms. The fourth-order valence-electron chi connectivity index (χ4n) is 1.97. The van der Waals surface area contributed by atoms with Crippen molar-refractivity contribution in [2.45, 2.75) is 40.2 Å². The van der Waals surface area contributed by atoms with E-state index in [9.17, 15) is 0 Å². The van der Waals surface area contributed by atoms with E-state index in [4.69, 9.17) is 5.11 Å². The summed E-state index contributed by atoms with van der Waals surface area (Å²) in [6.07, 6.45) is 2.88. The number of aromatic nitrogens is 2. The standard InChI is InChI=1S/C13H25N3O/c1-10(12-8-16(5)15-11(12)2)14-9-13(3,4)6-7-17/h8,10,14,17H,6-7,9H2,1-5H3. The van der Waals surface area contributed by atoms with Gasteiger partial charge in [0.2, 0.25) is 0 Å². The first kappa shape index (κ1) is 14.2. The first-order chi connectivity index (χ1) is 7.85. The number of aliphatic hydroxyl groups is 1. The van der Waals surface area contributed by atoms with E-state index in [0.717, 1.165) is 18.7 Å². The largest absolute Gasteiger partial charge is 0.396 e. The maximum absolute atomic E-state index is 8.99. The molecular weight excluding hydrogens is 214 g/mol. The highest BCUT2D eigenvalue weighted by atomic mass is 16.3. The van der Waals surface area contributed by atoms with Gasteiger partial charge in [-0.15, -0.1) is 0 Å². The number of hydrogen-bond donors (Lipinski definition) is 2. The van der Waals surface area contributed by atoms with Gasteiger partial charge in [-0.1, -0.05) is 13.8 Å². The van der Waals surface area contributed by atoms with Crippen molar-refractivity contribution in [3.05, 3.63) is 17.5 Å². The molecule has 0 amide bonds. The van der Waals surface area contributed by atoms with Crippen LogP contribution >= 0.6 is 0 Å². The summed E-state index contributed by atoms with van der Waals surface area (Å²) >= 11 is 0. The van der Waals surface area contributed by atoms with E-state index in [-0.39, 0.29) is 12.0 Å². The number of hydrogen-bond acceptors (Lipinski definition) is 3. The lowest BCUT2D eigenvalue weighted by molar-refractivity contribution is 0.203. The number of nitrogens with one attached hydrogen (secondary N) is 1. The topological polar surface area (TPSA) is 50.1 Å². The van der Waals surface area contributed by atoms with Crippen molar-refractivity contribution in [2.24, 2.45) is 12.5 Å². The van der Waals surface area contributed by atoms with Crippen LogP contribution in [0.1, 0.15) is 44.5 Å². The fraction of sp³-hybridized carbons (Fsp3) is 0.769. The van der Waals surface area contributed by atoms with Gasteiger partial charge >= 0.3 is 0 Å². The summed E-state index contributed by atoms with van der Waals surface area (Å²) in [5, 5.41) is 16.9. The fourth-order valence-corrected chi connectivity index (χ4v) is 1.97. The molecule has 1 aromatic rings. The van der Waals surface area contributed by atoms with E-state index in [2.05, 4.69) is 37.4 Å². The average Bonchev–Trinajstić information content (AvgIpc) is 2.54. The molecule has 1 unspecified atom stereocenters. The highest BCUT2D eigenvalue weighted by molar-refractivity contribution is 5.19. The van der Waals surface area contributed by atoms with Gasteiger partial charge in [0, 0.05) is 38.0 Å². The van der Waals surface area contributed by atoms with Gasteiger partial charge in [0.25, 0.3) is 0 Å². The highest BCUT2D eigenvalue weighted by Gasteiger charge is 2.19. The number of aryl methyl sites for hydroxylation is 2. The minimum atomic E-state index is 0.124. The van der Waals surface area contributed by atoms with Crippen molar-refractivity contribution in [1.82, 2.24) is 15.1 Å². The van der Waals surface area contributed by atoms with Gasteiger partial charge in [0.15, 0.2) is 0 Å². The smallest absolute Gasteiger partial charge is 0.0641 e. The van der Waals surface area contributed by atoms with Crippen LogP contribution < -0.4 is 5.32 Å². The van der Waals surface area contributed by atoms with Gasteiger partial charge in [-0.2, -0.15) is 5.10 Å². The Morgan fingerprint density at radius 3 is 2.65 bits per heavy atom. The predicted molar refractivity (Wildman–Crippen MR) is 69.8 cm³/mol. The van der Waals surface area contributed by atoms with Crippen molar-refractivity contribution >= 4 is 0 Å². The minimum absolute atomic E-state index is 0.124. The second-order valence-corrected chi connectivity index (χ2v) is 5.58. The molecule has 1 atom stereocenters. The van der Waals surface area contributed by atoms with Crippen LogP contribution in [0.3, 0.4) is 0 Å². The van der Waals surface area contributed by atoms with E-state index in [1.54, 1.807) is 0 Å². The van der Waals surface area contributed by atoms with Gasteiger partial charge < -0.3 is 10.4 Å². The minimum Gasteiger partial charge on any atom is -0.396 e.